The molecule has 0 spiro atoms. The molecule has 9 heteroatoms. The van der Waals surface area contributed by atoms with Crippen LogP contribution in [0.25, 0.3) is 0 Å². The summed E-state index contributed by atoms with van der Waals surface area (Å²) < 4.78 is 56.9. The average Bonchev–Trinajstić information content (AvgIpc) is 2.95. The van der Waals surface area contributed by atoms with E-state index in [9.17, 15) is 27.2 Å². The fraction of sp³-hybridized carbons (Fsp3) is 0.619. The van der Waals surface area contributed by atoms with Crippen LogP contribution in [0.2, 0.25) is 0 Å². The standard InChI is InChI=1S/C21H26F4N2O3/c1-2-30-20(29)27-15-6-7-16(27)11-13(10-15)4-3-9-26-19(28)14-5-8-18(22)17(12-14)21(23,24)25/h5,8,12-13,15-16H,2-4,6-7,9-11H2,1H3,(H,26,28). The van der Waals surface area contributed by atoms with E-state index in [0.717, 1.165) is 38.2 Å². The Balaban J connectivity index is 1.45. The van der Waals surface area contributed by atoms with Crippen molar-refractivity contribution < 1.29 is 31.9 Å². The predicted octanol–water partition coefficient (Wildman–Crippen LogP) is 4.75. The van der Waals surface area contributed by atoms with Crippen molar-refractivity contribution in [3.8, 4) is 0 Å². The first-order valence-corrected chi connectivity index (χ1v) is 10.3. The van der Waals surface area contributed by atoms with Gasteiger partial charge in [0.05, 0.1) is 12.2 Å². The largest absolute Gasteiger partial charge is 0.450 e. The number of alkyl halides is 3. The molecule has 0 saturated carbocycles. The van der Waals surface area contributed by atoms with E-state index in [2.05, 4.69) is 5.32 Å². The number of carbonyl (C=O) groups excluding carboxylic acids is 2. The van der Waals surface area contributed by atoms with Crippen molar-refractivity contribution in [1.29, 1.82) is 0 Å². The number of nitrogens with zero attached hydrogens (tertiary/aromatic N) is 1. The number of ether oxygens (including phenoxy) is 1. The summed E-state index contributed by atoms with van der Waals surface area (Å²) >= 11 is 0. The van der Waals surface area contributed by atoms with Crippen LogP contribution >= 0.6 is 0 Å². The Labute approximate surface area is 172 Å². The Morgan fingerprint density at radius 3 is 2.47 bits per heavy atom. The molecule has 2 unspecified atom stereocenters. The zero-order valence-corrected chi connectivity index (χ0v) is 16.8. The smallest absolute Gasteiger partial charge is 0.419 e. The van der Waals surface area contributed by atoms with Crippen LogP contribution in [0.4, 0.5) is 22.4 Å². The molecule has 2 atom stereocenters. The normalized spacial score (nSPS) is 23.4. The summed E-state index contributed by atoms with van der Waals surface area (Å²) in [5.41, 5.74) is -1.66. The lowest BCUT2D eigenvalue weighted by molar-refractivity contribution is -0.140. The third kappa shape index (κ3) is 5.05. The predicted molar refractivity (Wildman–Crippen MR) is 101 cm³/mol. The highest BCUT2D eigenvalue weighted by Crippen LogP contribution is 2.40. The maximum atomic E-state index is 13.3. The first-order chi connectivity index (χ1) is 14.2. The van der Waals surface area contributed by atoms with E-state index in [1.165, 1.54) is 0 Å². The summed E-state index contributed by atoms with van der Waals surface area (Å²) in [6.45, 7) is 2.47. The number of benzene rings is 1. The summed E-state index contributed by atoms with van der Waals surface area (Å²) in [6.07, 6.45) is 0.202. The Bertz CT molecular complexity index is 770. The van der Waals surface area contributed by atoms with E-state index in [-0.39, 0.29) is 23.7 Å². The van der Waals surface area contributed by atoms with Crippen LogP contribution in [0.5, 0.6) is 0 Å². The minimum absolute atomic E-state index is 0.197. The summed E-state index contributed by atoms with van der Waals surface area (Å²) in [5, 5.41) is 2.61. The topological polar surface area (TPSA) is 58.6 Å². The Morgan fingerprint density at radius 2 is 1.87 bits per heavy atom. The Morgan fingerprint density at radius 1 is 1.20 bits per heavy atom. The molecule has 2 saturated heterocycles. The second-order valence-electron chi connectivity index (χ2n) is 7.92. The number of piperidine rings is 1. The molecule has 2 heterocycles. The molecule has 2 fully saturated rings. The van der Waals surface area contributed by atoms with Gasteiger partial charge in [0.2, 0.25) is 0 Å². The van der Waals surface area contributed by atoms with Gasteiger partial charge in [-0.1, -0.05) is 0 Å². The van der Waals surface area contributed by atoms with Gasteiger partial charge < -0.3 is 15.0 Å². The quantitative estimate of drug-likeness (QED) is 0.523. The van der Waals surface area contributed by atoms with E-state index < -0.39 is 23.5 Å². The zero-order chi connectivity index (χ0) is 21.9. The van der Waals surface area contributed by atoms with Crippen LogP contribution in [-0.2, 0) is 10.9 Å². The third-order valence-corrected chi connectivity index (χ3v) is 5.92. The molecule has 0 radical (unpaired) electrons. The maximum Gasteiger partial charge on any atom is 0.419 e. The zero-order valence-electron chi connectivity index (χ0n) is 16.8. The van der Waals surface area contributed by atoms with Gasteiger partial charge in [0.25, 0.3) is 5.91 Å². The van der Waals surface area contributed by atoms with E-state index in [1.807, 2.05) is 4.90 Å². The minimum Gasteiger partial charge on any atom is -0.450 e. The molecule has 2 bridgehead atoms. The van der Waals surface area contributed by atoms with E-state index >= 15 is 0 Å². The molecule has 1 aromatic rings. The molecule has 30 heavy (non-hydrogen) atoms. The van der Waals surface area contributed by atoms with E-state index in [0.29, 0.717) is 37.6 Å². The Hall–Kier alpha value is -2.32. The summed E-state index contributed by atoms with van der Waals surface area (Å²) in [7, 11) is 0. The van der Waals surface area contributed by atoms with Crippen LogP contribution < -0.4 is 5.32 Å². The lowest BCUT2D eigenvalue weighted by atomic mass is 9.87. The molecule has 0 aliphatic carbocycles. The number of halogens is 4. The van der Waals surface area contributed by atoms with Gasteiger partial charge in [-0.2, -0.15) is 13.2 Å². The summed E-state index contributed by atoms with van der Waals surface area (Å²) in [5.74, 6) is -1.62. The van der Waals surface area contributed by atoms with Crippen LogP contribution in [0.3, 0.4) is 0 Å². The first-order valence-electron chi connectivity index (χ1n) is 10.3. The highest BCUT2D eigenvalue weighted by Gasteiger charge is 2.43. The average molecular weight is 430 g/mol. The van der Waals surface area contributed by atoms with Crippen molar-refractivity contribution in [2.75, 3.05) is 13.2 Å². The minimum atomic E-state index is -4.85. The number of fused-ring (bicyclic) bond motifs is 2. The molecule has 2 aliphatic rings. The number of carbonyl (C=O) groups is 2. The van der Waals surface area contributed by atoms with Gasteiger partial charge in [-0.15, -0.1) is 0 Å². The first kappa shape index (κ1) is 22.4. The summed E-state index contributed by atoms with van der Waals surface area (Å²) in [4.78, 5) is 26.1. The van der Waals surface area contributed by atoms with Gasteiger partial charge in [-0.25, -0.2) is 9.18 Å². The second kappa shape index (κ2) is 9.22. The number of amides is 2. The summed E-state index contributed by atoms with van der Waals surface area (Å²) in [6, 6.07) is 2.63. The van der Waals surface area contributed by atoms with Gasteiger partial charge in [0, 0.05) is 24.2 Å². The van der Waals surface area contributed by atoms with Crippen molar-refractivity contribution in [2.45, 2.75) is 63.7 Å². The fourth-order valence-corrected chi connectivity index (χ4v) is 4.60. The molecule has 166 valence electrons. The molecular weight excluding hydrogens is 404 g/mol. The number of rotatable bonds is 6. The lowest BCUT2D eigenvalue weighted by Gasteiger charge is -2.38. The van der Waals surface area contributed by atoms with Crippen molar-refractivity contribution in [3.63, 3.8) is 0 Å². The van der Waals surface area contributed by atoms with Gasteiger partial charge >= 0.3 is 12.3 Å². The molecule has 3 rings (SSSR count). The monoisotopic (exact) mass is 430 g/mol. The van der Waals surface area contributed by atoms with Gasteiger partial charge in [0.1, 0.15) is 5.82 Å². The fourth-order valence-electron chi connectivity index (χ4n) is 4.60. The van der Waals surface area contributed by atoms with Gasteiger partial charge in [-0.3, -0.25) is 4.79 Å². The van der Waals surface area contributed by atoms with Crippen molar-refractivity contribution in [2.24, 2.45) is 5.92 Å². The molecule has 1 N–H and O–H groups in total. The van der Waals surface area contributed by atoms with Crippen LogP contribution in [0.1, 0.15) is 61.4 Å². The van der Waals surface area contributed by atoms with Gasteiger partial charge in [0.15, 0.2) is 0 Å². The van der Waals surface area contributed by atoms with Crippen LogP contribution in [0, 0.1) is 11.7 Å². The molecule has 0 aromatic heterocycles. The molecular formula is C21H26F4N2O3. The van der Waals surface area contributed by atoms with Crippen LogP contribution in [-0.4, -0.2) is 42.1 Å². The van der Waals surface area contributed by atoms with Crippen LogP contribution in [0.15, 0.2) is 18.2 Å². The number of hydrogen-bond donors (Lipinski definition) is 1. The van der Waals surface area contributed by atoms with Crippen molar-refractivity contribution in [1.82, 2.24) is 10.2 Å². The molecule has 1 aromatic carbocycles. The molecule has 5 nitrogen and oxygen atoms in total. The molecule has 2 amide bonds. The second-order valence-corrected chi connectivity index (χ2v) is 7.92. The van der Waals surface area contributed by atoms with Crippen molar-refractivity contribution >= 4 is 12.0 Å². The highest BCUT2D eigenvalue weighted by atomic mass is 19.4. The number of hydrogen-bond acceptors (Lipinski definition) is 3. The van der Waals surface area contributed by atoms with E-state index in [4.69, 9.17) is 4.74 Å². The third-order valence-electron chi connectivity index (χ3n) is 5.92. The van der Waals surface area contributed by atoms with E-state index in [1.54, 1.807) is 6.92 Å². The maximum absolute atomic E-state index is 13.3. The lowest BCUT2D eigenvalue weighted by Crippen LogP contribution is -2.46. The molecule has 2 aliphatic heterocycles. The number of nitrogens with one attached hydrogen (secondary N) is 1. The highest BCUT2D eigenvalue weighted by molar-refractivity contribution is 5.94. The van der Waals surface area contributed by atoms with Crippen molar-refractivity contribution in [3.05, 3.63) is 35.1 Å². The Kier molecular flexibility index (Phi) is 6.88. The SMILES string of the molecule is CCOC(=O)N1C2CCC1CC(CCCNC(=O)c1ccc(F)c(C(F)(F)F)c1)C2. The van der Waals surface area contributed by atoms with Gasteiger partial charge in [-0.05, 0) is 69.6 Å².